The Labute approximate surface area is 77.7 Å². The molecule has 1 aromatic rings. The molecular weight excluding hydrogens is 166 g/mol. The summed E-state index contributed by atoms with van der Waals surface area (Å²) in [7, 11) is 0. The van der Waals surface area contributed by atoms with Crippen molar-refractivity contribution in [3.63, 3.8) is 0 Å². The van der Waals surface area contributed by atoms with Gasteiger partial charge in [-0.2, -0.15) is 15.2 Å². The van der Waals surface area contributed by atoms with Crippen LogP contribution >= 0.6 is 0 Å². The molecule has 0 saturated heterocycles. The molecule has 0 aromatic carbocycles. The van der Waals surface area contributed by atoms with Crippen LogP contribution in [0.25, 0.3) is 0 Å². The molecule has 5 heteroatoms. The molecule has 0 radical (unpaired) electrons. The van der Waals surface area contributed by atoms with Crippen LogP contribution in [0.2, 0.25) is 0 Å². The van der Waals surface area contributed by atoms with E-state index in [2.05, 4.69) is 46.5 Å². The molecule has 5 nitrogen and oxygen atoms in total. The third kappa shape index (κ3) is 2.85. The summed E-state index contributed by atoms with van der Waals surface area (Å²) in [4.78, 5) is 3.90. The highest BCUT2D eigenvalue weighted by atomic mass is 15.4. The van der Waals surface area contributed by atoms with Gasteiger partial charge in [-0.3, -0.25) is 0 Å². The summed E-state index contributed by atoms with van der Waals surface area (Å²) in [5, 5.41) is 10.6. The van der Waals surface area contributed by atoms with Gasteiger partial charge in [-0.1, -0.05) is 20.8 Å². The first kappa shape index (κ1) is 9.70. The third-order valence-corrected chi connectivity index (χ3v) is 1.75. The molecular formula is C8H15N5. The van der Waals surface area contributed by atoms with Crippen LogP contribution in [-0.2, 0) is 0 Å². The number of nitrogens with one attached hydrogen (secondary N) is 2. The minimum absolute atomic E-state index is 0.459. The maximum absolute atomic E-state index is 4.22. The molecule has 72 valence electrons. The third-order valence-electron chi connectivity index (χ3n) is 1.75. The molecule has 0 amide bonds. The number of aromatic nitrogens is 3. The number of rotatable bonds is 4. The van der Waals surface area contributed by atoms with Crippen LogP contribution in [0, 0.1) is 5.92 Å². The highest BCUT2D eigenvalue weighted by molar-refractivity contribution is 5.86. The van der Waals surface area contributed by atoms with E-state index in [1.807, 2.05) is 0 Å². The molecule has 0 atom stereocenters. The Morgan fingerprint density at radius 3 is 2.92 bits per heavy atom. The van der Waals surface area contributed by atoms with Gasteiger partial charge in [0.05, 0.1) is 0 Å². The highest BCUT2D eigenvalue weighted by Crippen LogP contribution is 2.02. The largest absolute Gasteiger partial charge is 0.246 e. The maximum Gasteiger partial charge on any atom is 0.239 e. The van der Waals surface area contributed by atoms with Crippen LogP contribution in [0.5, 0.6) is 0 Å². The van der Waals surface area contributed by atoms with Crippen LogP contribution in [0.4, 0.5) is 5.95 Å². The van der Waals surface area contributed by atoms with Crippen molar-refractivity contribution in [2.75, 3.05) is 5.43 Å². The van der Waals surface area contributed by atoms with Gasteiger partial charge >= 0.3 is 0 Å². The number of H-pyrrole nitrogens is 1. The van der Waals surface area contributed by atoms with Crippen LogP contribution in [0.15, 0.2) is 11.4 Å². The fourth-order valence-corrected chi connectivity index (χ4v) is 1.00. The minimum atomic E-state index is 0.459. The first-order chi connectivity index (χ1) is 6.24. The Morgan fingerprint density at radius 1 is 1.69 bits per heavy atom. The van der Waals surface area contributed by atoms with E-state index in [1.165, 1.54) is 6.33 Å². The number of anilines is 1. The molecule has 0 spiro atoms. The van der Waals surface area contributed by atoms with Crippen molar-refractivity contribution >= 4 is 11.7 Å². The van der Waals surface area contributed by atoms with E-state index in [4.69, 9.17) is 0 Å². The number of aromatic amines is 1. The van der Waals surface area contributed by atoms with Gasteiger partial charge < -0.3 is 0 Å². The molecule has 0 saturated carbocycles. The Kier molecular flexibility index (Phi) is 3.42. The number of hydrazone groups is 1. The van der Waals surface area contributed by atoms with Crippen molar-refractivity contribution in [2.45, 2.75) is 27.2 Å². The topological polar surface area (TPSA) is 66.0 Å². The summed E-state index contributed by atoms with van der Waals surface area (Å²) < 4.78 is 0. The second-order valence-corrected chi connectivity index (χ2v) is 3.06. The average Bonchev–Trinajstić information content (AvgIpc) is 2.57. The molecule has 13 heavy (non-hydrogen) atoms. The van der Waals surface area contributed by atoms with Gasteiger partial charge in [0.25, 0.3) is 0 Å². The molecule has 0 unspecified atom stereocenters. The zero-order valence-electron chi connectivity index (χ0n) is 8.20. The lowest BCUT2D eigenvalue weighted by atomic mass is 10.1. The van der Waals surface area contributed by atoms with E-state index in [1.54, 1.807) is 0 Å². The molecule has 0 aliphatic carbocycles. The lowest BCUT2D eigenvalue weighted by molar-refractivity contribution is 0.851. The fraction of sp³-hybridized carbons (Fsp3) is 0.625. The first-order valence-corrected chi connectivity index (χ1v) is 4.41. The van der Waals surface area contributed by atoms with Gasteiger partial charge in [-0.05, 0) is 12.3 Å². The standard InChI is InChI=1S/C8H15N5/c1-4-7(6(2)3)11-13-8-9-5-10-12-8/h5-6H,4H2,1-3H3,(H2,9,10,12,13)/b11-7-. The fourth-order valence-electron chi connectivity index (χ4n) is 1.00. The van der Waals surface area contributed by atoms with Gasteiger partial charge in [-0.25, -0.2) is 10.5 Å². The van der Waals surface area contributed by atoms with Crippen molar-refractivity contribution in [2.24, 2.45) is 11.0 Å². The van der Waals surface area contributed by atoms with Crippen molar-refractivity contribution < 1.29 is 0 Å². The molecule has 0 aliphatic rings. The summed E-state index contributed by atoms with van der Waals surface area (Å²) in [5.74, 6) is 1.03. The SMILES string of the molecule is CC/C(=N/Nc1ncn[nH]1)C(C)C. The summed E-state index contributed by atoms with van der Waals surface area (Å²) in [6.07, 6.45) is 2.39. The smallest absolute Gasteiger partial charge is 0.239 e. The predicted molar refractivity (Wildman–Crippen MR) is 52.6 cm³/mol. The van der Waals surface area contributed by atoms with Crippen LogP contribution in [0.1, 0.15) is 27.2 Å². The molecule has 2 N–H and O–H groups in total. The highest BCUT2D eigenvalue weighted by Gasteiger charge is 2.02. The maximum atomic E-state index is 4.22. The Hall–Kier alpha value is -1.39. The lowest BCUT2D eigenvalue weighted by Crippen LogP contribution is -2.08. The number of hydrogen-bond acceptors (Lipinski definition) is 4. The summed E-state index contributed by atoms with van der Waals surface area (Å²) in [6, 6.07) is 0. The Balaban J connectivity index is 2.55. The van der Waals surface area contributed by atoms with E-state index in [-0.39, 0.29) is 0 Å². The van der Waals surface area contributed by atoms with Crippen molar-refractivity contribution in [3.8, 4) is 0 Å². The van der Waals surface area contributed by atoms with Gasteiger partial charge in [0.2, 0.25) is 5.95 Å². The zero-order chi connectivity index (χ0) is 9.68. The zero-order valence-corrected chi connectivity index (χ0v) is 8.20. The average molecular weight is 181 g/mol. The normalized spacial score (nSPS) is 12.2. The first-order valence-electron chi connectivity index (χ1n) is 4.41. The molecule has 1 heterocycles. The van der Waals surface area contributed by atoms with Crippen LogP contribution < -0.4 is 5.43 Å². The molecule has 1 aromatic heterocycles. The van der Waals surface area contributed by atoms with Gasteiger partial charge in [0, 0.05) is 5.71 Å². The van der Waals surface area contributed by atoms with E-state index < -0.39 is 0 Å². The summed E-state index contributed by atoms with van der Waals surface area (Å²) in [5.41, 5.74) is 3.94. The Bertz CT molecular complexity index is 262. The second kappa shape index (κ2) is 4.59. The van der Waals surface area contributed by atoms with E-state index in [0.29, 0.717) is 11.9 Å². The van der Waals surface area contributed by atoms with Crippen molar-refractivity contribution in [1.29, 1.82) is 0 Å². The van der Waals surface area contributed by atoms with Gasteiger partial charge in [0.1, 0.15) is 6.33 Å². The van der Waals surface area contributed by atoms with E-state index in [9.17, 15) is 0 Å². The number of hydrogen-bond donors (Lipinski definition) is 2. The van der Waals surface area contributed by atoms with Crippen LogP contribution in [-0.4, -0.2) is 20.9 Å². The predicted octanol–water partition coefficient (Wildman–Crippen LogP) is 1.64. The quantitative estimate of drug-likeness (QED) is 0.548. The number of nitrogens with zero attached hydrogens (tertiary/aromatic N) is 3. The Morgan fingerprint density at radius 2 is 2.46 bits per heavy atom. The van der Waals surface area contributed by atoms with Crippen molar-refractivity contribution in [3.05, 3.63) is 6.33 Å². The van der Waals surface area contributed by atoms with Crippen molar-refractivity contribution in [1.82, 2.24) is 15.2 Å². The summed E-state index contributed by atoms with van der Waals surface area (Å²) >= 11 is 0. The van der Waals surface area contributed by atoms with E-state index in [0.717, 1.165) is 12.1 Å². The molecule has 1 rings (SSSR count). The van der Waals surface area contributed by atoms with Gasteiger partial charge in [0.15, 0.2) is 0 Å². The van der Waals surface area contributed by atoms with E-state index >= 15 is 0 Å². The minimum Gasteiger partial charge on any atom is -0.246 e. The monoisotopic (exact) mass is 181 g/mol. The lowest BCUT2D eigenvalue weighted by Gasteiger charge is -2.06. The van der Waals surface area contributed by atoms with Gasteiger partial charge in [-0.15, -0.1) is 0 Å². The second-order valence-electron chi connectivity index (χ2n) is 3.06. The molecule has 0 bridgehead atoms. The van der Waals surface area contributed by atoms with Crippen LogP contribution in [0.3, 0.4) is 0 Å². The summed E-state index contributed by atoms with van der Waals surface area (Å²) in [6.45, 7) is 6.32. The molecule has 0 fully saturated rings. The molecule has 0 aliphatic heterocycles.